The first-order chi connectivity index (χ1) is 16.9. The molecular weight excluding hydrogens is 472 g/mol. The first-order valence-electron chi connectivity index (χ1n) is 11.4. The number of ether oxygens (including phenoxy) is 2. The van der Waals surface area contributed by atoms with Crippen molar-refractivity contribution in [1.82, 2.24) is 9.21 Å². The maximum atomic E-state index is 12.7. The first-order valence-corrected chi connectivity index (χ1v) is 12.8. The number of morpholine rings is 1. The van der Waals surface area contributed by atoms with Crippen LogP contribution in [0.15, 0.2) is 59.5 Å². The lowest BCUT2D eigenvalue weighted by atomic mass is 10.1. The molecule has 4 rings (SSSR count). The van der Waals surface area contributed by atoms with Crippen molar-refractivity contribution in [3.8, 4) is 0 Å². The normalized spacial score (nSPS) is 16.6. The first kappa shape index (κ1) is 24.8. The van der Waals surface area contributed by atoms with Gasteiger partial charge in [-0.15, -0.1) is 0 Å². The number of nitrogens with zero attached hydrogens (tertiary/aromatic N) is 2. The van der Waals surface area contributed by atoms with Crippen LogP contribution >= 0.6 is 0 Å². The Bertz CT molecular complexity index is 1200. The molecule has 0 bridgehead atoms. The molecule has 2 aliphatic heterocycles. The highest BCUT2D eigenvalue weighted by molar-refractivity contribution is 7.89. The molecule has 2 heterocycles. The van der Waals surface area contributed by atoms with Gasteiger partial charge in [-0.25, -0.2) is 13.2 Å². The van der Waals surface area contributed by atoms with Crippen LogP contribution in [0.5, 0.6) is 0 Å². The zero-order valence-corrected chi connectivity index (χ0v) is 19.9. The van der Waals surface area contributed by atoms with Crippen LogP contribution in [-0.4, -0.2) is 74.9 Å². The SMILES string of the molecule is O=C(/C=C/c1ccc(S(=O)(=O)N2CCOCC2)cc1)OCCCCN1C(=O)c2ccccc2C1=O. The number of esters is 1. The number of imide groups is 1. The van der Waals surface area contributed by atoms with E-state index in [0.29, 0.717) is 55.8 Å². The van der Waals surface area contributed by atoms with E-state index >= 15 is 0 Å². The predicted octanol–water partition coefficient (Wildman–Crippen LogP) is 2.34. The number of unbranched alkanes of at least 4 members (excludes halogenated alkanes) is 1. The van der Waals surface area contributed by atoms with Crippen LogP contribution in [0.1, 0.15) is 39.1 Å². The third-order valence-corrected chi connectivity index (χ3v) is 7.71. The molecule has 2 aromatic carbocycles. The van der Waals surface area contributed by atoms with Crippen LogP contribution in [0.3, 0.4) is 0 Å². The molecule has 2 amide bonds. The summed E-state index contributed by atoms with van der Waals surface area (Å²) in [5, 5.41) is 0. The molecule has 0 N–H and O–H groups in total. The quantitative estimate of drug-likeness (QED) is 0.226. The number of hydrogen-bond acceptors (Lipinski definition) is 7. The maximum Gasteiger partial charge on any atom is 0.330 e. The fourth-order valence-electron chi connectivity index (χ4n) is 3.89. The Morgan fingerprint density at radius 1 is 0.943 bits per heavy atom. The van der Waals surface area contributed by atoms with E-state index in [-0.39, 0.29) is 29.9 Å². The summed E-state index contributed by atoms with van der Waals surface area (Å²) >= 11 is 0. The zero-order chi connectivity index (χ0) is 24.8. The van der Waals surface area contributed by atoms with Crippen LogP contribution < -0.4 is 0 Å². The molecule has 2 aromatic rings. The van der Waals surface area contributed by atoms with Gasteiger partial charge in [-0.2, -0.15) is 4.31 Å². The molecule has 0 atom stereocenters. The summed E-state index contributed by atoms with van der Waals surface area (Å²) in [6.45, 7) is 1.83. The second-order valence-electron chi connectivity index (χ2n) is 8.10. The number of hydrogen-bond donors (Lipinski definition) is 0. The van der Waals surface area contributed by atoms with E-state index in [0.717, 1.165) is 0 Å². The monoisotopic (exact) mass is 498 g/mol. The number of benzene rings is 2. The largest absolute Gasteiger partial charge is 0.463 e. The number of carbonyl (C=O) groups is 3. The van der Waals surface area contributed by atoms with Crippen molar-refractivity contribution in [2.24, 2.45) is 0 Å². The third kappa shape index (κ3) is 5.67. The van der Waals surface area contributed by atoms with Crippen molar-refractivity contribution < 1.29 is 32.3 Å². The van der Waals surface area contributed by atoms with Gasteiger partial charge < -0.3 is 9.47 Å². The Kier molecular flexibility index (Phi) is 7.74. The van der Waals surface area contributed by atoms with Crippen molar-refractivity contribution in [3.63, 3.8) is 0 Å². The molecule has 10 heteroatoms. The number of carbonyl (C=O) groups excluding carboxylic acids is 3. The van der Waals surface area contributed by atoms with Crippen molar-refractivity contribution in [1.29, 1.82) is 0 Å². The second-order valence-corrected chi connectivity index (χ2v) is 10.0. The van der Waals surface area contributed by atoms with Crippen LogP contribution in [-0.2, 0) is 24.3 Å². The van der Waals surface area contributed by atoms with Gasteiger partial charge >= 0.3 is 5.97 Å². The third-order valence-electron chi connectivity index (χ3n) is 5.80. The summed E-state index contributed by atoms with van der Waals surface area (Å²) in [4.78, 5) is 38.0. The minimum Gasteiger partial charge on any atom is -0.463 e. The standard InChI is InChI=1S/C25H26N2O7S/c28-23(34-16-4-3-13-27-24(29)21-5-1-2-6-22(21)25(27)30)12-9-19-7-10-20(11-8-19)35(31,32)26-14-17-33-18-15-26/h1-2,5-12H,3-4,13-18H2/b12-9+. The van der Waals surface area contributed by atoms with Gasteiger partial charge in [0.15, 0.2) is 0 Å². The van der Waals surface area contributed by atoms with Gasteiger partial charge in [0, 0.05) is 25.7 Å². The van der Waals surface area contributed by atoms with Gasteiger partial charge in [0.25, 0.3) is 11.8 Å². The molecule has 184 valence electrons. The lowest BCUT2D eigenvalue weighted by Crippen LogP contribution is -2.40. The Morgan fingerprint density at radius 3 is 2.20 bits per heavy atom. The highest BCUT2D eigenvalue weighted by Crippen LogP contribution is 2.22. The van der Waals surface area contributed by atoms with Crippen LogP contribution in [0.25, 0.3) is 6.08 Å². The molecule has 9 nitrogen and oxygen atoms in total. The van der Waals surface area contributed by atoms with Gasteiger partial charge in [0.1, 0.15) is 0 Å². The molecule has 0 unspecified atom stereocenters. The number of fused-ring (bicyclic) bond motifs is 1. The number of sulfonamides is 1. The summed E-state index contributed by atoms with van der Waals surface area (Å²) < 4.78 is 37.1. The van der Waals surface area contributed by atoms with E-state index in [1.165, 1.54) is 27.4 Å². The van der Waals surface area contributed by atoms with Gasteiger partial charge in [0.05, 0.1) is 35.8 Å². The Labute approximate surface area is 204 Å². The minimum absolute atomic E-state index is 0.156. The average molecular weight is 499 g/mol. The number of amides is 2. The van der Waals surface area contributed by atoms with E-state index in [2.05, 4.69) is 0 Å². The topological polar surface area (TPSA) is 110 Å². The second kappa shape index (κ2) is 10.9. The average Bonchev–Trinajstić information content (AvgIpc) is 3.13. The Balaban J connectivity index is 1.19. The zero-order valence-electron chi connectivity index (χ0n) is 19.1. The van der Waals surface area contributed by atoms with Gasteiger partial charge in [-0.1, -0.05) is 24.3 Å². The summed E-state index contributed by atoms with van der Waals surface area (Å²) in [6.07, 6.45) is 3.84. The fourth-order valence-corrected chi connectivity index (χ4v) is 5.29. The van der Waals surface area contributed by atoms with Crippen LogP contribution in [0.4, 0.5) is 0 Å². The van der Waals surface area contributed by atoms with E-state index in [4.69, 9.17) is 9.47 Å². The predicted molar refractivity (Wildman–Crippen MR) is 127 cm³/mol. The highest BCUT2D eigenvalue weighted by atomic mass is 32.2. The summed E-state index contributed by atoms with van der Waals surface area (Å²) in [7, 11) is -3.56. The van der Waals surface area contributed by atoms with Crippen molar-refractivity contribution in [2.45, 2.75) is 17.7 Å². The molecule has 0 aliphatic carbocycles. The smallest absolute Gasteiger partial charge is 0.330 e. The highest BCUT2D eigenvalue weighted by Gasteiger charge is 2.34. The summed E-state index contributed by atoms with van der Waals surface area (Å²) in [6, 6.07) is 13.0. The van der Waals surface area contributed by atoms with Gasteiger partial charge in [0.2, 0.25) is 10.0 Å². The van der Waals surface area contributed by atoms with E-state index < -0.39 is 16.0 Å². The van der Waals surface area contributed by atoms with E-state index in [1.807, 2.05) is 0 Å². The lowest BCUT2D eigenvalue weighted by Gasteiger charge is -2.26. The molecule has 0 saturated carbocycles. The van der Waals surface area contributed by atoms with Crippen LogP contribution in [0, 0.1) is 0 Å². The summed E-state index contributed by atoms with van der Waals surface area (Å²) in [5.74, 6) is -1.13. The Hall–Kier alpha value is -3.34. The van der Waals surface area contributed by atoms with Crippen LogP contribution in [0.2, 0.25) is 0 Å². The molecule has 1 saturated heterocycles. The van der Waals surface area contributed by atoms with Crippen molar-refractivity contribution >= 4 is 33.9 Å². The van der Waals surface area contributed by atoms with Gasteiger partial charge in [-0.05, 0) is 48.7 Å². The molecule has 0 radical (unpaired) electrons. The molecule has 0 aromatic heterocycles. The molecule has 2 aliphatic rings. The molecule has 1 fully saturated rings. The van der Waals surface area contributed by atoms with E-state index in [1.54, 1.807) is 42.5 Å². The maximum absolute atomic E-state index is 12.7. The van der Waals surface area contributed by atoms with Crippen molar-refractivity contribution in [3.05, 3.63) is 71.3 Å². The molecule has 35 heavy (non-hydrogen) atoms. The van der Waals surface area contributed by atoms with E-state index in [9.17, 15) is 22.8 Å². The van der Waals surface area contributed by atoms with Gasteiger partial charge in [-0.3, -0.25) is 14.5 Å². The summed E-state index contributed by atoms with van der Waals surface area (Å²) in [5.41, 5.74) is 1.50. The Morgan fingerprint density at radius 2 is 1.57 bits per heavy atom. The molecule has 0 spiro atoms. The minimum atomic E-state index is -3.56. The fraction of sp³-hybridized carbons (Fsp3) is 0.320. The lowest BCUT2D eigenvalue weighted by molar-refractivity contribution is -0.137. The molecular formula is C25H26N2O7S. The number of rotatable bonds is 9. The van der Waals surface area contributed by atoms with Crippen molar-refractivity contribution in [2.75, 3.05) is 39.5 Å².